The van der Waals surface area contributed by atoms with Crippen LogP contribution in [0.15, 0.2) is 0 Å². The Morgan fingerprint density at radius 3 is 2.95 bits per heavy atom. The minimum Gasteiger partial charge on any atom is -0.379 e. The van der Waals surface area contributed by atoms with Crippen LogP contribution in [0.5, 0.6) is 0 Å². The van der Waals surface area contributed by atoms with E-state index in [0.717, 1.165) is 38.0 Å². The summed E-state index contributed by atoms with van der Waals surface area (Å²) in [5.41, 5.74) is 7.23. The molecule has 5 nitrogen and oxygen atoms in total. The number of piperidine rings is 1. The van der Waals surface area contributed by atoms with Crippen LogP contribution in [0.1, 0.15) is 35.4 Å². The van der Waals surface area contributed by atoms with Crippen LogP contribution in [0.2, 0.25) is 0 Å². The molecule has 110 valence electrons. The molecule has 1 aromatic heterocycles. The topological polar surface area (TPSA) is 54.6 Å². The number of morpholine rings is 1. The van der Waals surface area contributed by atoms with Gasteiger partial charge in [-0.05, 0) is 12.8 Å². The van der Waals surface area contributed by atoms with E-state index in [2.05, 4.69) is 14.8 Å². The Hall–Kier alpha value is -0.690. The van der Waals surface area contributed by atoms with Crippen molar-refractivity contribution in [3.8, 4) is 0 Å². The molecule has 0 radical (unpaired) electrons. The summed E-state index contributed by atoms with van der Waals surface area (Å²) in [7, 11) is 0. The standard InChI is InChI=1S/C14H22N4OS/c15-14-16-12-10-1-2-11(13(12)20-14)18(9-10)4-3-17-5-7-19-8-6-17/h10-11H,1-9H2,(H2,15,16). The fourth-order valence-electron chi connectivity index (χ4n) is 3.80. The Bertz CT molecular complexity index is 486. The molecule has 4 aliphatic rings. The summed E-state index contributed by atoms with van der Waals surface area (Å²) in [5, 5.41) is 0.752. The second-order valence-electron chi connectivity index (χ2n) is 6.04. The Balaban J connectivity index is 1.43. The maximum atomic E-state index is 5.91. The highest BCUT2D eigenvalue weighted by Gasteiger charge is 2.40. The summed E-state index contributed by atoms with van der Waals surface area (Å²) in [6.45, 7) is 7.45. The van der Waals surface area contributed by atoms with Crippen molar-refractivity contribution in [3.05, 3.63) is 10.6 Å². The lowest BCUT2D eigenvalue weighted by Gasteiger charge is -2.44. The molecule has 2 unspecified atom stereocenters. The Morgan fingerprint density at radius 2 is 2.10 bits per heavy atom. The molecule has 2 atom stereocenters. The summed E-state index contributed by atoms with van der Waals surface area (Å²) in [4.78, 5) is 11.2. The number of hydrogen-bond acceptors (Lipinski definition) is 6. The van der Waals surface area contributed by atoms with Gasteiger partial charge in [-0.3, -0.25) is 9.80 Å². The molecule has 2 bridgehead atoms. The molecule has 6 heteroatoms. The van der Waals surface area contributed by atoms with Gasteiger partial charge in [-0.1, -0.05) is 0 Å². The molecule has 4 heterocycles. The highest BCUT2D eigenvalue weighted by Crippen LogP contribution is 2.49. The van der Waals surface area contributed by atoms with Crippen LogP contribution >= 0.6 is 11.3 Å². The van der Waals surface area contributed by atoms with Gasteiger partial charge in [0.15, 0.2) is 5.13 Å². The summed E-state index contributed by atoms with van der Waals surface area (Å²) in [6.07, 6.45) is 2.57. The number of fused-ring (bicyclic) bond motifs is 2. The largest absolute Gasteiger partial charge is 0.379 e. The molecule has 0 amide bonds. The van der Waals surface area contributed by atoms with E-state index in [-0.39, 0.29) is 0 Å². The highest BCUT2D eigenvalue weighted by atomic mass is 32.1. The van der Waals surface area contributed by atoms with Crippen molar-refractivity contribution in [3.63, 3.8) is 0 Å². The first kappa shape index (κ1) is 13.0. The molecule has 2 fully saturated rings. The molecule has 2 N–H and O–H groups in total. The van der Waals surface area contributed by atoms with E-state index in [4.69, 9.17) is 10.5 Å². The molecule has 0 saturated carbocycles. The number of anilines is 1. The van der Waals surface area contributed by atoms with Crippen LogP contribution in [0.4, 0.5) is 5.13 Å². The summed E-state index contributed by atoms with van der Waals surface area (Å²) in [6, 6.07) is 0.575. The van der Waals surface area contributed by atoms with Gasteiger partial charge in [0.05, 0.1) is 18.9 Å². The zero-order valence-electron chi connectivity index (χ0n) is 11.8. The Labute approximate surface area is 123 Å². The van der Waals surface area contributed by atoms with E-state index in [9.17, 15) is 0 Å². The average molecular weight is 294 g/mol. The fraction of sp³-hybridized carbons (Fsp3) is 0.786. The predicted molar refractivity (Wildman–Crippen MR) is 80.1 cm³/mol. The predicted octanol–water partition coefficient (Wildman–Crippen LogP) is 1.29. The van der Waals surface area contributed by atoms with E-state index in [1.807, 2.05) is 0 Å². The molecule has 3 aliphatic heterocycles. The van der Waals surface area contributed by atoms with Crippen molar-refractivity contribution in [2.75, 3.05) is 51.7 Å². The zero-order valence-corrected chi connectivity index (χ0v) is 12.6. The number of aromatic nitrogens is 1. The quantitative estimate of drug-likeness (QED) is 0.910. The lowest BCUT2D eigenvalue weighted by Crippen LogP contribution is -2.47. The number of rotatable bonds is 3. The van der Waals surface area contributed by atoms with Crippen molar-refractivity contribution in [1.82, 2.24) is 14.8 Å². The molecule has 5 rings (SSSR count). The second-order valence-corrected chi connectivity index (χ2v) is 7.10. The molecule has 2 saturated heterocycles. The number of thiazole rings is 1. The molecule has 1 aliphatic carbocycles. The molecular formula is C14H22N4OS. The van der Waals surface area contributed by atoms with Gasteiger partial charge in [0.25, 0.3) is 0 Å². The summed E-state index contributed by atoms with van der Waals surface area (Å²) >= 11 is 1.71. The molecule has 0 aromatic carbocycles. The van der Waals surface area contributed by atoms with Gasteiger partial charge < -0.3 is 10.5 Å². The maximum Gasteiger partial charge on any atom is 0.180 e. The van der Waals surface area contributed by atoms with Crippen molar-refractivity contribution in [2.45, 2.75) is 24.8 Å². The van der Waals surface area contributed by atoms with E-state index in [1.54, 1.807) is 11.3 Å². The third-order valence-corrected chi connectivity index (χ3v) is 5.88. The molecular weight excluding hydrogens is 272 g/mol. The zero-order chi connectivity index (χ0) is 13.5. The average Bonchev–Trinajstić information content (AvgIpc) is 2.90. The van der Waals surface area contributed by atoms with Gasteiger partial charge in [0.2, 0.25) is 0 Å². The number of ether oxygens (including phenoxy) is 1. The van der Waals surface area contributed by atoms with Gasteiger partial charge in [-0.15, -0.1) is 11.3 Å². The first-order chi connectivity index (χ1) is 9.81. The first-order valence-corrected chi connectivity index (χ1v) is 8.43. The lowest BCUT2D eigenvalue weighted by atomic mass is 9.82. The van der Waals surface area contributed by atoms with E-state index in [0.29, 0.717) is 12.0 Å². The third-order valence-electron chi connectivity index (χ3n) is 4.88. The van der Waals surface area contributed by atoms with Gasteiger partial charge in [0.1, 0.15) is 0 Å². The number of hydrogen-bond donors (Lipinski definition) is 1. The normalized spacial score (nSPS) is 30.6. The lowest BCUT2D eigenvalue weighted by molar-refractivity contribution is 0.0252. The molecule has 1 aromatic rings. The highest BCUT2D eigenvalue weighted by molar-refractivity contribution is 7.15. The van der Waals surface area contributed by atoms with Crippen molar-refractivity contribution in [2.24, 2.45) is 0 Å². The SMILES string of the molecule is Nc1nc2c(s1)C1CCC2CN1CCN1CCOCC1. The van der Waals surface area contributed by atoms with Crippen LogP contribution in [0.25, 0.3) is 0 Å². The minimum atomic E-state index is 0.575. The van der Waals surface area contributed by atoms with Gasteiger partial charge in [-0.2, -0.15) is 0 Å². The second kappa shape index (κ2) is 5.26. The number of nitrogens with two attached hydrogens (primary N) is 1. The van der Waals surface area contributed by atoms with Gasteiger partial charge in [0, 0.05) is 49.6 Å². The molecule has 0 spiro atoms. The van der Waals surface area contributed by atoms with Crippen LogP contribution in [0, 0.1) is 0 Å². The van der Waals surface area contributed by atoms with E-state index < -0.39 is 0 Å². The number of nitrogen functional groups attached to an aromatic ring is 1. The van der Waals surface area contributed by atoms with Crippen molar-refractivity contribution < 1.29 is 4.74 Å². The van der Waals surface area contributed by atoms with Crippen LogP contribution in [-0.4, -0.2) is 60.7 Å². The Kier molecular flexibility index (Phi) is 3.42. The van der Waals surface area contributed by atoms with Crippen molar-refractivity contribution >= 4 is 16.5 Å². The minimum absolute atomic E-state index is 0.575. The van der Waals surface area contributed by atoms with Crippen molar-refractivity contribution in [1.29, 1.82) is 0 Å². The monoisotopic (exact) mass is 294 g/mol. The van der Waals surface area contributed by atoms with Gasteiger partial charge in [-0.25, -0.2) is 4.98 Å². The smallest absolute Gasteiger partial charge is 0.180 e. The van der Waals surface area contributed by atoms with Crippen LogP contribution < -0.4 is 5.73 Å². The molecule has 20 heavy (non-hydrogen) atoms. The Morgan fingerprint density at radius 1 is 1.25 bits per heavy atom. The van der Waals surface area contributed by atoms with Crippen LogP contribution in [0.3, 0.4) is 0 Å². The summed E-state index contributed by atoms with van der Waals surface area (Å²) in [5.74, 6) is 0.619. The van der Waals surface area contributed by atoms with E-state index >= 15 is 0 Å². The first-order valence-electron chi connectivity index (χ1n) is 7.61. The summed E-state index contributed by atoms with van der Waals surface area (Å²) < 4.78 is 5.41. The van der Waals surface area contributed by atoms with Gasteiger partial charge >= 0.3 is 0 Å². The van der Waals surface area contributed by atoms with Crippen LogP contribution in [-0.2, 0) is 4.74 Å². The third kappa shape index (κ3) is 2.24. The van der Waals surface area contributed by atoms with E-state index in [1.165, 1.54) is 36.5 Å². The number of nitrogens with zero attached hydrogens (tertiary/aromatic N) is 3. The fourth-order valence-corrected chi connectivity index (χ4v) is 4.89. The maximum absolute atomic E-state index is 5.91.